The summed E-state index contributed by atoms with van der Waals surface area (Å²) in [5.74, 6) is 0.324. The molecule has 1 fully saturated rings. The van der Waals surface area contributed by atoms with Crippen LogP contribution in [0.15, 0.2) is 24.3 Å². The van der Waals surface area contributed by atoms with Crippen molar-refractivity contribution >= 4 is 17.5 Å². The molecule has 1 aromatic rings. The van der Waals surface area contributed by atoms with Gasteiger partial charge in [0.25, 0.3) is 0 Å². The van der Waals surface area contributed by atoms with Crippen molar-refractivity contribution in [1.29, 1.82) is 0 Å². The summed E-state index contributed by atoms with van der Waals surface area (Å²) < 4.78 is 5.40. The molecular formula is C14H19N3O3. The summed E-state index contributed by atoms with van der Waals surface area (Å²) in [6.07, 6.45) is 2.28. The Labute approximate surface area is 117 Å². The maximum atomic E-state index is 11.5. The zero-order chi connectivity index (χ0) is 14.4. The molecule has 0 spiro atoms. The Morgan fingerprint density at radius 3 is 2.55 bits per heavy atom. The minimum atomic E-state index is -0.202. The van der Waals surface area contributed by atoms with E-state index < -0.39 is 0 Å². The van der Waals surface area contributed by atoms with E-state index in [1.807, 2.05) is 0 Å². The molecule has 108 valence electrons. The number of ether oxygens (including phenoxy) is 1. The summed E-state index contributed by atoms with van der Waals surface area (Å²) in [6.45, 7) is 0.289. The third-order valence-corrected chi connectivity index (χ3v) is 2.87. The van der Waals surface area contributed by atoms with Gasteiger partial charge in [0.1, 0.15) is 5.75 Å². The average Bonchev–Trinajstić information content (AvgIpc) is 3.23. The van der Waals surface area contributed by atoms with Crippen LogP contribution >= 0.6 is 0 Å². The summed E-state index contributed by atoms with van der Waals surface area (Å²) >= 11 is 0. The number of hydrogen-bond donors (Lipinski definition) is 3. The number of amides is 2. The largest absolute Gasteiger partial charge is 0.493 e. The smallest absolute Gasteiger partial charge is 0.239 e. The molecule has 6 heteroatoms. The van der Waals surface area contributed by atoms with E-state index >= 15 is 0 Å². The zero-order valence-electron chi connectivity index (χ0n) is 11.2. The fraction of sp³-hybridized carbons (Fsp3) is 0.429. The van der Waals surface area contributed by atoms with E-state index in [1.54, 1.807) is 24.3 Å². The van der Waals surface area contributed by atoms with Gasteiger partial charge < -0.3 is 21.1 Å². The summed E-state index contributed by atoms with van der Waals surface area (Å²) in [5, 5.41) is 5.36. The second-order valence-corrected chi connectivity index (χ2v) is 4.79. The lowest BCUT2D eigenvalue weighted by molar-refractivity contribution is -0.126. The van der Waals surface area contributed by atoms with E-state index in [0.717, 1.165) is 12.8 Å². The predicted molar refractivity (Wildman–Crippen MR) is 75.1 cm³/mol. The number of nitrogens with two attached hydrogens (primary N) is 1. The molecule has 0 heterocycles. The van der Waals surface area contributed by atoms with Crippen LogP contribution in [0.2, 0.25) is 0 Å². The molecular weight excluding hydrogens is 258 g/mol. The topological polar surface area (TPSA) is 93.4 Å². The molecule has 1 aliphatic rings. The zero-order valence-corrected chi connectivity index (χ0v) is 11.2. The van der Waals surface area contributed by atoms with Crippen molar-refractivity contribution in [2.45, 2.75) is 25.3 Å². The Hall–Kier alpha value is -2.24. The summed E-state index contributed by atoms with van der Waals surface area (Å²) in [4.78, 5) is 22.9. The Morgan fingerprint density at radius 2 is 1.90 bits per heavy atom. The normalized spacial score (nSPS) is 13.6. The lowest BCUT2D eigenvalue weighted by Crippen LogP contribution is -2.38. The van der Waals surface area contributed by atoms with E-state index in [1.165, 1.54) is 0 Å². The molecule has 0 aliphatic heterocycles. The average molecular weight is 277 g/mol. The first kappa shape index (κ1) is 14.2. The first-order valence-electron chi connectivity index (χ1n) is 6.68. The number of nitrogens with one attached hydrogen (secondary N) is 2. The van der Waals surface area contributed by atoms with Crippen LogP contribution in [0, 0.1) is 0 Å². The maximum absolute atomic E-state index is 11.5. The first-order chi connectivity index (χ1) is 9.63. The van der Waals surface area contributed by atoms with Crippen LogP contribution in [0.4, 0.5) is 5.69 Å². The van der Waals surface area contributed by atoms with Gasteiger partial charge in [-0.05, 0) is 37.1 Å². The number of carbonyl (C=O) groups is 2. The molecule has 0 radical (unpaired) electrons. The Bertz CT molecular complexity index is 469. The molecule has 2 amide bonds. The van der Waals surface area contributed by atoms with Gasteiger partial charge in [-0.1, -0.05) is 0 Å². The molecule has 0 atom stereocenters. The van der Waals surface area contributed by atoms with Gasteiger partial charge in [-0.25, -0.2) is 0 Å². The van der Waals surface area contributed by atoms with Gasteiger partial charge in [-0.15, -0.1) is 0 Å². The molecule has 0 saturated heterocycles. The highest BCUT2D eigenvalue weighted by atomic mass is 16.5. The van der Waals surface area contributed by atoms with Crippen molar-refractivity contribution < 1.29 is 14.3 Å². The summed E-state index contributed by atoms with van der Waals surface area (Å²) in [6, 6.07) is 7.27. The van der Waals surface area contributed by atoms with Crippen molar-refractivity contribution in [1.82, 2.24) is 10.6 Å². The molecule has 20 heavy (non-hydrogen) atoms. The van der Waals surface area contributed by atoms with Gasteiger partial charge in [0.05, 0.1) is 19.6 Å². The second kappa shape index (κ2) is 6.79. The van der Waals surface area contributed by atoms with Crippen LogP contribution in [0.1, 0.15) is 19.3 Å². The standard InChI is InChI=1S/C14H19N3O3/c15-10-1-5-12(6-2-10)20-8-7-13(18)16-9-14(19)17-11-3-4-11/h1-2,5-6,11H,3-4,7-9,15H2,(H,16,18)(H,17,19). The minimum absolute atomic E-state index is 0.0250. The predicted octanol–water partition coefficient (Wildman–Crippen LogP) is 0.432. The quantitative estimate of drug-likeness (QED) is 0.630. The Morgan fingerprint density at radius 1 is 1.20 bits per heavy atom. The van der Waals surface area contributed by atoms with Crippen LogP contribution in [-0.2, 0) is 9.59 Å². The van der Waals surface area contributed by atoms with Gasteiger partial charge in [-0.3, -0.25) is 9.59 Å². The van der Waals surface area contributed by atoms with Crippen LogP contribution in [0.25, 0.3) is 0 Å². The van der Waals surface area contributed by atoms with Crippen LogP contribution in [0.5, 0.6) is 5.75 Å². The molecule has 6 nitrogen and oxygen atoms in total. The number of carbonyl (C=O) groups excluding carboxylic acids is 2. The van der Waals surface area contributed by atoms with E-state index in [4.69, 9.17) is 10.5 Å². The molecule has 1 aromatic carbocycles. The van der Waals surface area contributed by atoms with Gasteiger partial charge >= 0.3 is 0 Å². The van der Waals surface area contributed by atoms with Crippen molar-refractivity contribution in [2.75, 3.05) is 18.9 Å². The number of benzene rings is 1. The molecule has 1 saturated carbocycles. The van der Waals surface area contributed by atoms with Crippen LogP contribution < -0.4 is 21.1 Å². The molecule has 0 unspecified atom stereocenters. The van der Waals surface area contributed by atoms with Crippen molar-refractivity contribution in [3.05, 3.63) is 24.3 Å². The van der Waals surface area contributed by atoms with E-state index in [9.17, 15) is 9.59 Å². The number of anilines is 1. The van der Waals surface area contributed by atoms with Crippen LogP contribution in [0.3, 0.4) is 0 Å². The Balaban J connectivity index is 1.57. The van der Waals surface area contributed by atoms with Gasteiger partial charge in [0.2, 0.25) is 11.8 Å². The number of rotatable bonds is 7. The van der Waals surface area contributed by atoms with Crippen LogP contribution in [-0.4, -0.2) is 31.0 Å². The monoisotopic (exact) mass is 277 g/mol. The summed E-state index contributed by atoms with van der Waals surface area (Å²) in [5.41, 5.74) is 6.22. The van der Waals surface area contributed by atoms with E-state index in [2.05, 4.69) is 10.6 Å². The molecule has 1 aliphatic carbocycles. The molecule has 2 rings (SSSR count). The maximum Gasteiger partial charge on any atom is 0.239 e. The molecule has 0 aromatic heterocycles. The van der Waals surface area contributed by atoms with Gasteiger partial charge in [0.15, 0.2) is 0 Å². The number of hydrogen-bond acceptors (Lipinski definition) is 4. The second-order valence-electron chi connectivity index (χ2n) is 4.79. The number of nitrogen functional groups attached to an aromatic ring is 1. The molecule has 4 N–H and O–H groups in total. The van der Waals surface area contributed by atoms with Crippen molar-refractivity contribution in [3.63, 3.8) is 0 Å². The van der Waals surface area contributed by atoms with Crippen molar-refractivity contribution in [2.24, 2.45) is 0 Å². The minimum Gasteiger partial charge on any atom is -0.493 e. The molecule has 0 bridgehead atoms. The highest BCUT2D eigenvalue weighted by Crippen LogP contribution is 2.18. The third kappa shape index (κ3) is 5.17. The third-order valence-electron chi connectivity index (χ3n) is 2.87. The summed E-state index contributed by atoms with van der Waals surface area (Å²) in [7, 11) is 0. The lowest BCUT2D eigenvalue weighted by Gasteiger charge is -2.07. The van der Waals surface area contributed by atoms with E-state index in [-0.39, 0.29) is 31.4 Å². The highest BCUT2D eigenvalue weighted by Gasteiger charge is 2.23. The fourth-order valence-electron chi connectivity index (χ4n) is 1.60. The SMILES string of the molecule is Nc1ccc(OCCC(=O)NCC(=O)NC2CC2)cc1. The van der Waals surface area contributed by atoms with Crippen molar-refractivity contribution in [3.8, 4) is 5.75 Å². The van der Waals surface area contributed by atoms with Gasteiger partial charge in [-0.2, -0.15) is 0 Å². The Kier molecular flexibility index (Phi) is 4.81. The fourth-order valence-corrected chi connectivity index (χ4v) is 1.60. The first-order valence-corrected chi connectivity index (χ1v) is 6.68. The highest BCUT2D eigenvalue weighted by molar-refractivity contribution is 5.84. The van der Waals surface area contributed by atoms with E-state index in [0.29, 0.717) is 17.5 Å². The van der Waals surface area contributed by atoms with Gasteiger partial charge in [0, 0.05) is 11.7 Å². The lowest BCUT2D eigenvalue weighted by atomic mass is 10.3.